The lowest BCUT2D eigenvalue weighted by Crippen LogP contribution is -2.29. The number of nitrogens with two attached hydrogens (primary N) is 1. The SMILES string of the molecule is COC1(c2noc(Cn3cc(N)cn3)n2)CCCCCC1. The minimum absolute atomic E-state index is 0.401. The Morgan fingerprint density at radius 1 is 1.33 bits per heavy atom. The summed E-state index contributed by atoms with van der Waals surface area (Å²) in [4.78, 5) is 4.52. The molecule has 0 saturated heterocycles. The summed E-state index contributed by atoms with van der Waals surface area (Å²) in [5.74, 6) is 1.18. The minimum Gasteiger partial charge on any atom is -0.396 e. The van der Waals surface area contributed by atoms with Crippen LogP contribution in [0.2, 0.25) is 0 Å². The predicted molar refractivity (Wildman–Crippen MR) is 76.4 cm³/mol. The first-order chi connectivity index (χ1) is 10.2. The third-order valence-corrected chi connectivity index (χ3v) is 4.13. The number of nitrogens with zero attached hydrogens (tertiary/aromatic N) is 4. The second kappa shape index (κ2) is 5.85. The first-order valence-electron chi connectivity index (χ1n) is 7.38. The van der Waals surface area contributed by atoms with Crippen molar-refractivity contribution in [3.8, 4) is 0 Å². The zero-order valence-corrected chi connectivity index (χ0v) is 12.3. The third kappa shape index (κ3) is 2.92. The van der Waals surface area contributed by atoms with Crippen LogP contribution in [0.4, 0.5) is 5.69 Å². The highest BCUT2D eigenvalue weighted by Crippen LogP contribution is 2.37. The average Bonchev–Trinajstić information content (AvgIpc) is 3.03. The molecule has 1 aliphatic rings. The third-order valence-electron chi connectivity index (χ3n) is 4.13. The van der Waals surface area contributed by atoms with Crippen LogP contribution in [-0.2, 0) is 16.9 Å². The Hall–Kier alpha value is -1.89. The van der Waals surface area contributed by atoms with Crippen molar-refractivity contribution in [2.75, 3.05) is 12.8 Å². The van der Waals surface area contributed by atoms with Gasteiger partial charge in [0.05, 0.1) is 11.9 Å². The van der Waals surface area contributed by atoms with Crippen LogP contribution in [0.3, 0.4) is 0 Å². The first kappa shape index (κ1) is 14.1. The minimum atomic E-state index is -0.401. The fraction of sp³-hybridized carbons (Fsp3) is 0.643. The summed E-state index contributed by atoms with van der Waals surface area (Å²) in [6.07, 6.45) is 9.96. The molecule has 1 saturated carbocycles. The Morgan fingerprint density at radius 3 is 2.71 bits per heavy atom. The van der Waals surface area contributed by atoms with Crippen LogP contribution in [0.5, 0.6) is 0 Å². The summed E-state index contributed by atoms with van der Waals surface area (Å²) in [6, 6.07) is 0. The van der Waals surface area contributed by atoms with Crippen LogP contribution in [0, 0.1) is 0 Å². The summed E-state index contributed by atoms with van der Waals surface area (Å²) in [7, 11) is 1.73. The average molecular weight is 291 g/mol. The number of ether oxygens (including phenoxy) is 1. The molecule has 0 radical (unpaired) electrons. The summed E-state index contributed by atoms with van der Waals surface area (Å²) in [5.41, 5.74) is 5.86. The number of anilines is 1. The quantitative estimate of drug-likeness (QED) is 0.867. The molecule has 0 amide bonds. The molecule has 0 aromatic carbocycles. The van der Waals surface area contributed by atoms with E-state index in [1.54, 1.807) is 24.2 Å². The van der Waals surface area contributed by atoms with E-state index in [9.17, 15) is 0 Å². The van der Waals surface area contributed by atoms with Gasteiger partial charge in [0.1, 0.15) is 12.1 Å². The molecule has 0 bridgehead atoms. The Bertz CT molecular complexity index is 584. The summed E-state index contributed by atoms with van der Waals surface area (Å²) in [6.45, 7) is 0.421. The molecule has 3 rings (SSSR count). The Kier molecular flexibility index (Phi) is 3.92. The Labute approximate surface area is 123 Å². The lowest BCUT2D eigenvalue weighted by Gasteiger charge is -2.27. The molecule has 114 valence electrons. The molecule has 1 fully saturated rings. The molecule has 0 unspecified atom stereocenters. The lowest BCUT2D eigenvalue weighted by molar-refractivity contribution is -0.0365. The Morgan fingerprint density at radius 2 is 2.10 bits per heavy atom. The van der Waals surface area contributed by atoms with Gasteiger partial charge in [-0.3, -0.25) is 4.68 Å². The van der Waals surface area contributed by atoms with Crippen molar-refractivity contribution in [1.29, 1.82) is 0 Å². The van der Waals surface area contributed by atoms with Crippen LogP contribution in [0.25, 0.3) is 0 Å². The smallest absolute Gasteiger partial charge is 0.248 e. The van der Waals surface area contributed by atoms with Gasteiger partial charge in [-0.2, -0.15) is 10.1 Å². The molecule has 7 heteroatoms. The van der Waals surface area contributed by atoms with Gasteiger partial charge in [-0.25, -0.2) is 0 Å². The van der Waals surface area contributed by atoms with Crippen LogP contribution in [0.15, 0.2) is 16.9 Å². The van der Waals surface area contributed by atoms with Crippen molar-refractivity contribution in [3.05, 3.63) is 24.1 Å². The first-order valence-corrected chi connectivity index (χ1v) is 7.38. The molecule has 2 heterocycles. The zero-order valence-electron chi connectivity index (χ0n) is 12.3. The van der Waals surface area contributed by atoms with Crippen molar-refractivity contribution in [3.63, 3.8) is 0 Å². The highest BCUT2D eigenvalue weighted by molar-refractivity contribution is 5.30. The van der Waals surface area contributed by atoms with Crippen molar-refractivity contribution in [2.24, 2.45) is 0 Å². The van der Waals surface area contributed by atoms with E-state index in [4.69, 9.17) is 15.0 Å². The maximum Gasteiger partial charge on any atom is 0.248 e. The van der Waals surface area contributed by atoms with Gasteiger partial charge in [0.25, 0.3) is 0 Å². The van der Waals surface area contributed by atoms with Crippen molar-refractivity contribution in [2.45, 2.75) is 50.7 Å². The van der Waals surface area contributed by atoms with Gasteiger partial charge in [-0.15, -0.1) is 0 Å². The lowest BCUT2D eigenvalue weighted by atomic mass is 9.93. The maximum absolute atomic E-state index is 5.79. The van der Waals surface area contributed by atoms with Crippen molar-refractivity contribution >= 4 is 5.69 Å². The summed E-state index contributed by atoms with van der Waals surface area (Å²) >= 11 is 0. The molecule has 2 aromatic heterocycles. The van der Waals surface area contributed by atoms with Gasteiger partial charge in [-0.1, -0.05) is 30.8 Å². The Balaban J connectivity index is 1.79. The fourth-order valence-electron chi connectivity index (χ4n) is 2.93. The molecule has 21 heavy (non-hydrogen) atoms. The molecule has 0 atom stereocenters. The van der Waals surface area contributed by atoms with Gasteiger partial charge in [0.15, 0.2) is 0 Å². The number of rotatable bonds is 4. The van der Waals surface area contributed by atoms with E-state index in [0.29, 0.717) is 23.9 Å². The molecule has 7 nitrogen and oxygen atoms in total. The molecular weight excluding hydrogens is 270 g/mol. The van der Waals surface area contributed by atoms with Gasteiger partial charge < -0.3 is 15.0 Å². The zero-order chi connectivity index (χ0) is 14.7. The van der Waals surface area contributed by atoms with Crippen LogP contribution >= 0.6 is 0 Å². The van der Waals surface area contributed by atoms with E-state index in [1.165, 1.54) is 12.8 Å². The van der Waals surface area contributed by atoms with E-state index in [2.05, 4.69) is 15.2 Å². The van der Waals surface area contributed by atoms with Crippen molar-refractivity contribution < 1.29 is 9.26 Å². The molecule has 0 spiro atoms. The van der Waals surface area contributed by atoms with E-state index < -0.39 is 5.60 Å². The summed E-state index contributed by atoms with van der Waals surface area (Å²) < 4.78 is 12.8. The van der Waals surface area contributed by atoms with Gasteiger partial charge >= 0.3 is 0 Å². The predicted octanol–water partition coefficient (Wildman–Crippen LogP) is 2.09. The molecule has 1 aliphatic carbocycles. The van der Waals surface area contributed by atoms with Gasteiger partial charge in [0, 0.05) is 13.3 Å². The van der Waals surface area contributed by atoms with E-state index in [1.807, 2.05) is 0 Å². The topological polar surface area (TPSA) is 92.0 Å². The van der Waals surface area contributed by atoms with E-state index in [0.717, 1.165) is 25.7 Å². The van der Waals surface area contributed by atoms with Gasteiger partial charge in [0.2, 0.25) is 11.7 Å². The van der Waals surface area contributed by atoms with Gasteiger partial charge in [-0.05, 0) is 12.8 Å². The molecular formula is C14H21N5O2. The second-order valence-corrected chi connectivity index (χ2v) is 5.60. The number of hydrogen-bond acceptors (Lipinski definition) is 6. The molecule has 0 aliphatic heterocycles. The molecule has 2 N–H and O–H groups in total. The van der Waals surface area contributed by atoms with Crippen LogP contribution < -0.4 is 5.73 Å². The van der Waals surface area contributed by atoms with E-state index >= 15 is 0 Å². The standard InChI is InChI=1S/C14H21N5O2/c1-20-14(6-4-2-3-5-7-14)13-17-12(21-18-13)10-19-9-11(15)8-16-19/h8-9H,2-7,10,15H2,1H3. The summed E-state index contributed by atoms with van der Waals surface area (Å²) in [5, 5.41) is 8.26. The normalized spacial score (nSPS) is 18.5. The number of methoxy groups -OCH3 is 1. The fourth-order valence-corrected chi connectivity index (χ4v) is 2.93. The van der Waals surface area contributed by atoms with Crippen molar-refractivity contribution in [1.82, 2.24) is 19.9 Å². The van der Waals surface area contributed by atoms with Crippen LogP contribution in [-0.4, -0.2) is 27.0 Å². The monoisotopic (exact) mass is 291 g/mol. The molecule has 2 aromatic rings. The van der Waals surface area contributed by atoms with Crippen LogP contribution in [0.1, 0.15) is 50.2 Å². The maximum atomic E-state index is 5.79. The number of nitrogen functional groups attached to an aromatic ring is 1. The number of aromatic nitrogens is 4. The number of hydrogen-bond donors (Lipinski definition) is 1. The second-order valence-electron chi connectivity index (χ2n) is 5.60. The highest BCUT2D eigenvalue weighted by atomic mass is 16.5. The largest absolute Gasteiger partial charge is 0.396 e. The van der Waals surface area contributed by atoms with E-state index in [-0.39, 0.29) is 0 Å². The highest BCUT2D eigenvalue weighted by Gasteiger charge is 2.37.